The number of nitrogens with zero attached hydrogens (tertiary/aromatic N) is 3. The van der Waals surface area contributed by atoms with Crippen molar-refractivity contribution in [2.24, 2.45) is 0 Å². The van der Waals surface area contributed by atoms with Gasteiger partial charge in [0.15, 0.2) is 23.3 Å². The van der Waals surface area contributed by atoms with E-state index in [0.29, 0.717) is 22.9 Å². The van der Waals surface area contributed by atoms with Gasteiger partial charge in [-0.15, -0.1) is 0 Å². The van der Waals surface area contributed by atoms with Gasteiger partial charge >= 0.3 is 12.2 Å². The second-order valence-electron chi connectivity index (χ2n) is 8.85. The van der Waals surface area contributed by atoms with E-state index >= 15 is 0 Å². The first kappa shape index (κ1) is 28.0. The summed E-state index contributed by atoms with van der Waals surface area (Å²) in [5, 5.41) is 3.52. The molecule has 0 spiro atoms. The van der Waals surface area contributed by atoms with Crippen LogP contribution in [-0.2, 0) is 0 Å². The van der Waals surface area contributed by atoms with Gasteiger partial charge in [-0.3, -0.25) is 19.1 Å². The van der Waals surface area contributed by atoms with Crippen LogP contribution >= 0.6 is 11.6 Å². The molecule has 3 amide bonds. The lowest BCUT2D eigenvalue weighted by molar-refractivity contribution is -0.155. The van der Waals surface area contributed by atoms with Crippen LogP contribution in [0.5, 0.6) is 0 Å². The van der Waals surface area contributed by atoms with E-state index in [-0.39, 0.29) is 23.9 Å². The molecule has 1 aliphatic rings. The summed E-state index contributed by atoms with van der Waals surface area (Å²) in [6.45, 7) is 0.430. The number of hydrogen-bond acceptors (Lipinski definition) is 4. The number of nitrogens with one attached hydrogen (secondary N) is 2. The van der Waals surface area contributed by atoms with Gasteiger partial charge in [0.2, 0.25) is 5.43 Å². The van der Waals surface area contributed by atoms with E-state index in [2.05, 4.69) is 10.3 Å². The van der Waals surface area contributed by atoms with Crippen molar-refractivity contribution in [3.63, 3.8) is 0 Å². The molecule has 0 saturated carbocycles. The zero-order valence-electron chi connectivity index (χ0n) is 20.4. The van der Waals surface area contributed by atoms with Crippen LogP contribution in [0.25, 0.3) is 16.7 Å². The van der Waals surface area contributed by atoms with E-state index in [4.69, 9.17) is 11.6 Å². The van der Waals surface area contributed by atoms with E-state index in [9.17, 15) is 40.7 Å². The number of carbonyl (C=O) groups is 2. The molecular weight excluding hydrogens is 580 g/mol. The van der Waals surface area contributed by atoms with Crippen molar-refractivity contribution in [3.8, 4) is 5.69 Å². The minimum atomic E-state index is -5.06. The lowest BCUT2D eigenvalue weighted by Gasteiger charge is -2.23. The quantitative estimate of drug-likeness (QED) is 0.317. The van der Waals surface area contributed by atoms with E-state index < -0.39 is 74.9 Å². The summed E-state index contributed by atoms with van der Waals surface area (Å²) in [6, 6.07) is 4.64. The summed E-state index contributed by atoms with van der Waals surface area (Å²) >= 11 is 5.92. The highest BCUT2D eigenvalue weighted by atomic mass is 35.5. The third-order valence-corrected chi connectivity index (χ3v) is 6.60. The molecule has 15 heteroatoms. The lowest BCUT2D eigenvalue weighted by atomic mass is 10.1. The van der Waals surface area contributed by atoms with Crippen molar-refractivity contribution in [2.75, 3.05) is 18.0 Å². The minimum Gasteiger partial charge on any atom is -0.336 e. The van der Waals surface area contributed by atoms with Crippen molar-refractivity contribution < 1.29 is 35.9 Å². The number of pyridine rings is 2. The van der Waals surface area contributed by atoms with Crippen LogP contribution in [0.1, 0.15) is 22.0 Å². The van der Waals surface area contributed by atoms with Crippen LogP contribution in [0.4, 0.5) is 37.0 Å². The Morgan fingerprint density at radius 2 is 1.73 bits per heavy atom. The molecule has 0 aliphatic carbocycles. The van der Waals surface area contributed by atoms with Crippen LogP contribution in [0.3, 0.4) is 0 Å². The largest absolute Gasteiger partial charge is 0.412 e. The average molecular weight is 596 g/mol. The van der Waals surface area contributed by atoms with Gasteiger partial charge in [-0.05, 0) is 18.2 Å². The molecule has 1 atom stereocenters. The fourth-order valence-corrected chi connectivity index (χ4v) is 4.63. The van der Waals surface area contributed by atoms with Crippen LogP contribution in [0.2, 0.25) is 5.02 Å². The number of urea groups is 1. The molecule has 1 unspecified atom stereocenters. The predicted octanol–water partition coefficient (Wildman–Crippen LogP) is 5.02. The van der Waals surface area contributed by atoms with Crippen molar-refractivity contribution in [2.45, 2.75) is 12.2 Å². The van der Waals surface area contributed by atoms with Gasteiger partial charge in [0.05, 0.1) is 5.39 Å². The molecule has 3 heterocycles. The number of benzene rings is 2. The van der Waals surface area contributed by atoms with Gasteiger partial charge < -0.3 is 10.6 Å². The van der Waals surface area contributed by atoms with E-state index in [0.717, 1.165) is 12.1 Å². The first-order chi connectivity index (χ1) is 19.4. The normalized spacial score (nSPS) is 14.3. The SMILES string of the molecule is O=C(NC(c1ccccc1Cl)C(F)(F)F)c1cn(-c2c(F)cc(F)cc2F)c2nc(N3CCNC3=O)ccc2c1=O. The monoisotopic (exact) mass is 595 g/mol. The Balaban J connectivity index is 1.71. The molecule has 212 valence electrons. The number of halogens is 7. The van der Waals surface area contributed by atoms with Crippen LogP contribution in [0.15, 0.2) is 59.5 Å². The number of fused-ring (bicyclic) bond motifs is 1. The summed E-state index contributed by atoms with van der Waals surface area (Å²) < 4.78 is 86.1. The van der Waals surface area contributed by atoms with Crippen molar-refractivity contribution in [3.05, 3.63) is 98.6 Å². The van der Waals surface area contributed by atoms with Gasteiger partial charge in [-0.2, -0.15) is 13.2 Å². The Hall–Kier alpha value is -4.59. The third-order valence-electron chi connectivity index (χ3n) is 6.26. The summed E-state index contributed by atoms with van der Waals surface area (Å²) in [5.74, 6) is -5.78. The number of anilines is 1. The minimum absolute atomic E-state index is 0.0309. The Morgan fingerprint density at radius 1 is 1.05 bits per heavy atom. The molecule has 1 fully saturated rings. The number of rotatable bonds is 5. The molecule has 0 bridgehead atoms. The van der Waals surface area contributed by atoms with Gasteiger partial charge in [0.1, 0.15) is 22.9 Å². The number of aromatic nitrogens is 2. The highest BCUT2D eigenvalue weighted by molar-refractivity contribution is 6.31. The second kappa shape index (κ2) is 10.4. The van der Waals surface area contributed by atoms with Crippen LogP contribution in [0, 0.1) is 17.5 Å². The molecule has 5 rings (SSSR count). The molecule has 41 heavy (non-hydrogen) atoms. The molecule has 1 aliphatic heterocycles. The number of amides is 3. The molecule has 1 saturated heterocycles. The first-order valence-corrected chi connectivity index (χ1v) is 12.1. The van der Waals surface area contributed by atoms with Gasteiger partial charge in [0.25, 0.3) is 5.91 Å². The summed E-state index contributed by atoms with van der Waals surface area (Å²) in [6.07, 6.45) is -4.46. The maximum atomic E-state index is 14.9. The number of carbonyl (C=O) groups excluding carboxylic acids is 2. The molecule has 2 aromatic heterocycles. The standard InChI is InChI=1S/C26H16ClF6N5O3/c27-16-4-2-1-3-13(16)22(26(31,32)33)36-24(40)15-11-38(20-17(29)9-12(28)10-18(20)30)23-14(21(15)39)5-6-19(35-23)37-8-7-34-25(37)41/h1-6,9-11,22H,7-8H2,(H,34,41)(H,36,40). The fourth-order valence-electron chi connectivity index (χ4n) is 4.38. The van der Waals surface area contributed by atoms with Crippen LogP contribution in [-0.4, -0.2) is 40.8 Å². The zero-order chi connectivity index (χ0) is 29.6. The highest BCUT2D eigenvalue weighted by Gasteiger charge is 2.43. The third kappa shape index (κ3) is 5.17. The topological polar surface area (TPSA) is 96.3 Å². The zero-order valence-corrected chi connectivity index (χ0v) is 21.2. The Morgan fingerprint density at radius 3 is 2.34 bits per heavy atom. The maximum Gasteiger partial charge on any atom is 0.412 e. The number of alkyl halides is 3. The predicted molar refractivity (Wildman–Crippen MR) is 136 cm³/mol. The maximum absolute atomic E-state index is 14.9. The van der Waals surface area contributed by atoms with Gasteiger partial charge in [-0.1, -0.05) is 29.8 Å². The fraction of sp³-hybridized carbons (Fsp3) is 0.154. The van der Waals surface area contributed by atoms with Gasteiger partial charge in [-0.25, -0.2) is 22.9 Å². The molecule has 4 aromatic rings. The average Bonchev–Trinajstić information content (AvgIpc) is 3.33. The van der Waals surface area contributed by atoms with Crippen molar-refractivity contribution in [1.82, 2.24) is 20.2 Å². The molecule has 0 radical (unpaired) electrons. The Bertz CT molecular complexity index is 1750. The lowest BCUT2D eigenvalue weighted by Crippen LogP contribution is -2.40. The molecule has 2 N–H and O–H groups in total. The summed E-state index contributed by atoms with van der Waals surface area (Å²) in [7, 11) is 0. The summed E-state index contributed by atoms with van der Waals surface area (Å²) in [4.78, 5) is 44.0. The highest BCUT2D eigenvalue weighted by Crippen LogP contribution is 2.36. The summed E-state index contributed by atoms with van der Waals surface area (Å²) in [5.41, 5.74) is -4.00. The van der Waals surface area contributed by atoms with Crippen LogP contribution < -0.4 is 21.0 Å². The Kier molecular flexibility index (Phi) is 7.11. The molecule has 8 nitrogen and oxygen atoms in total. The molecular formula is C26H16ClF6N5O3. The first-order valence-electron chi connectivity index (χ1n) is 11.8. The smallest absolute Gasteiger partial charge is 0.336 e. The molecule has 2 aromatic carbocycles. The second-order valence-corrected chi connectivity index (χ2v) is 9.26. The van der Waals surface area contributed by atoms with E-state index in [1.807, 2.05) is 0 Å². The van der Waals surface area contributed by atoms with Crippen molar-refractivity contribution in [1.29, 1.82) is 0 Å². The van der Waals surface area contributed by atoms with Gasteiger partial charge in [0, 0.05) is 42.0 Å². The Labute approximate surface area is 231 Å². The van der Waals surface area contributed by atoms with E-state index in [1.165, 1.54) is 29.2 Å². The van der Waals surface area contributed by atoms with Crippen molar-refractivity contribution >= 4 is 40.4 Å². The van der Waals surface area contributed by atoms with E-state index in [1.54, 1.807) is 5.32 Å². The number of hydrogen-bond donors (Lipinski definition) is 2.